The molecule has 6 nitrogen and oxygen atoms in total. The number of amides is 3. The first-order valence-corrected chi connectivity index (χ1v) is 8.17. The molecular formula is C19H17N3O3. The van der Waals surface area contributed by atoms with Crippen molar-refractivity contribution >= 4 is 34.8 Å². The number of hydrogen-bond acceptors (Lipinski definition) is 3. The van der Waals surface area contributed by atoms with Crippen LogP contribution in [0.15, 0.2) is 36.4 Å². The van der Waals surface area contributed by atoms with Gasteiger partial charge in [-0.1, -0.05) is 6.07 Å². The Morgan fingerprint density at radius 2 is 2.04 bits per heavy atom. The van der Waals surface area contributed by atoms with Crippen molar-refractivity contribution in [3.05, 3.63) is 53.1 Å². The van der Waals surface area contributed by atoms with Crippen LogP contribution in [-0.2, 0) is 22.4 Å². The Morgan fingerprint density at radius 3 is 2.84 bits per heavy atom. The standard InChI is InChI=1S/C19H17N3O3/c1-11(23)22-8-7-14-15(3-2-4-17(14)22)19(25)20-13-5-6-16-12(9-13)10-18(24)21-16/h2-6,9H,7-8,10H2,1H3,(H,20,25)(H,21,24). The van der Waals surface area contributed by atoms with Crippen molar-refractivity contribution in [2.24, 2.45) is 0 Å². The number of fused-ring (bicyclic) bond motifs is 2. The van der Waals surface area contributed by atoms with Crippen molar-refractivity contribution in [1.29, 1.82) is 0 Å². The van der Waals surface area contributed by atoms with Gasteiger partial charge in [-0.25, -0.2) is 0 Å². The van der Waals surface area contributed by atoms with Gasteiger partial charge in [0.05, 0.1) is 6.42 Å². The van der Waals surface area contributed by atoms with Gasteiger partial charge < -0.3 is 15.5 Å². The van der Waals surface area contributed by atoms with Gasteiger partial charge in [0, 0.05) is 36.1 Å². The van der Waals surface area contributed by atoms with Gasteiger partial charge in [0.15, 0.2) is 0 Å². The lowest BCUT2D eigenvalue weighted by Gasteiger charge is -2.15. The number of anilines is 3. The maximum atomic E-state index is 12.7. The predicted octanol–water partition coefficient (Wildman–Crippen LogP) is 2.34. The summed E-state index contributed by atoms with van der Waals surface area (Å²) in [6.45, 7) is 2.13. The second-order valence-electron chi connectivity index (χ2n) is 6.27. The van der Waals surface area contributed by atoms with E-state index in [0.29, 0.717) is 30.6 Å². The van der Waals surface area contributed by atoms with Gasteiger partial charge in [0.1, 0.15) is 0 Å². The van der Waals surface area contributed by atoms with Gasteiger partial charge in [-0.05, 0) is 47.9 Å². The maximum absolute atomic E-state index is 12.7. The molecule has 6 heteroatoms. The van der Waals surface area contributed by atoms with E-state index in [2.05, 4.69) is 10.6 Å². The SMILES string of the molecule is CC(=O)N1CCc2c(C(=O)Nc3ccc4c(c3)CC(=O)N4)cccc21. The van der Waals surface area contributed by atoms with Crippen LogP contribution in [0.5, 0.6) is 0 Å². The molecule has 0 saturated heterocycles. The van der Waals surface area contributed by atoms with Gasteiger partial charge in [-0.2, -0.15) is 0 Å². The third-order valence-electron chi connectivity index (χ3n) is 4.64. The summed E-state index contributed by atoms with van der Waals surface area (Å²) in [4.78, 5) is 37.6. The lowest BCUT2D eigenvalue weighted by Crippen LogP contribution is -2.25. The molecule has 0 bridgehead atoms. The van der Waals surface area contributed by atoms with E-state index < -0.39 is 0 Å². The Morgan fingerprint density at radius 1 is 1.20 bits per heavy atom. The molecule has 0 aromatic heterocycles. The molecule has 2 N–H and O–H groups in total. The van der Waals surface area contributed by atoms with Crippen LogP contribution in [0.25, 0.3) is 0 Å². The van der Waals surface area contributed by atoms with E-state index >= 15 is 0 Å². The zero-order chi connectivity index (χ0) is 17.6. The number of benzene rings is 2. The van der Waals surface area contributed by atoms with Gasteiger partial charge in [0.2, 0.25) is 11.8 Å². The largest absolute Gasteiger partial charge is 0.326 e. The minimum Gasteiger partial charge on any atom is -0.326 e. The average Bonchev–Trinajstić information content (AvgIpc) is 3.16. The highest BCUT2D eigenvalue weighted by Gasteiger charge is 2.26. The third-order valence-corrected chi connectivity index (χ3v) is 4.64. The zero-order valence-electron chi connectivity index (χ0n) is 13.8. The van der Waals surface area contributed by atoms with Gasteiger partial charge in [-0.15, -0.1) is 0 Å². The van der Waals surface area contributed by atoms with E-state index in [0.717, 1.165) is 22.5 Å². The average molecular weight is 335 g/mol. The van der Waals surface area contributed by atoms with E-state index in [1.807, 2.05) is 12.1 Å². The minimum atomic E-state index is -0.209. The molecule has 0 radical (unpaired) electrons. The molecule has 0 spiro atoms. The zero-order valence-corrected chi connectivity index (χ0v) is 13.8. The van der Waals surface area contributed by atoms with Crippen LogP contribution in [0.1, 0.15) is 28.4 Å². The number of hydrogen-bond donors (Lipinski definition) is 2. The van der Waals surface area contributed by atoms with E-state index in [9.17, 15) is 14.4 Å². The van der Waals surface area contributed by atoms with Crippen molar-refractivity contribution in [2.45, 2.75) is 19.8 Å². The number of carbonyl (C=O) groups excluding carboxylic acids is 3. The van der Waals surface area contributed by atoms with Crippen LogP contribution in [0.3, 0.4) is 0 Å². The van der Waals surface area contributed by atoms with Gasteiger partial charge >= 0.3 is 0 Å². The second kappa shape index (κ2) is 5.73. The molecular weight excluding hydrogens is 318 g/mol. The third kappa shape index (κ3) is 2.65. The normalized spacial score (nSPS) is 14.8. The first-order valence-electron chi connectivity index (χ1n) is 8.17. The number of nitrogens with zero attached hydrogens (tertiary/aromatic N) is 1. The lowest BCUT2D eigenvalue weighted by atomic mass is 10.0. The summed E-state index contributed by atoms with van der Waals surface area (Å²) in [7, 11) is 0. The minimum absolute atomic E-state index is 0.0212. The number of nitrogens with one attached hydrogen (secondary N) is 2. The highest BCUT2D eigenvalue weighted by atomic mass is 16.2. The summed E-state index contributed by atoms with van der Waals surface area (Å²) >= 11 is 0. The molecule has 2 aromatic rings. The lowest BCUT2D eigenvalue weighted by molar-refractivity contribution is -0.116. The highest BCUT2D eigenvalue weighted by Crippen LogP contribution is 2.32. The molecule has 0 unspecified atom stereocenters. The Hall–Kier alpha value is -3.15. The Labute approximate surface area is 144 Å². The number of carbonyl (C=O) groups is 3. The molecule has 0 atom stereocenters. The fourth-order valence-corrected chi connectivity index (χ4v) is 3.48. The first kappa shape index (κ1) is 15.4. The van der Waals surface area contributed by atoms with Gasteiger partial charge in [0.25, 0.3) is 5.91 Å². The highest BCUT2D eigenvalue weighted by molar-refractivity contribution is 6.08. The molecule has 2 aliphatic rings. The van der Waals surface area contributed by atoms with Crippen molar-refractivity contribution in [2.75, 3.05) is 22.1 Å². The summed E-state index contributed by atoms with van der Waals surface area (Å²) in [5.74, 6) is -0.268. The van der Waals surface area contributed by atoms with Crippen molar-refractivity contribution in [3.8, 4) is 0 Å². The second-order valence-corrected chi connectivity index (χ2v) is 6.27. The molecule has 0 saturated carbocycles. The molecule has 4 rings (SSSR count). The summed E-state index contributed by atoms with van der Waals surface area (Å²) < 4.78 is 0. The topological polar surface area (TPSA) is 78.5 Å². The van der Waals surface area contributed by atoms with Crippen LogP contribution in [0, 0.1) is 0 Å². The Balaban J connectivity index is 1.60. The van der Waals surface area contributed by atoms with E-state index in [1.165, 1.54) is 6.92 Å². The molecule has 2 heterocycles. The predicted molar refractivity (Wildman–Crippen MR) is 94.9 cm³/mol. The van der Waals surface area contributed by atoms with E-state index in [4.69, 9.17) is 0 Å². The van der Waals surface area contributed by atoms with Crippen LogP contribution in [0.2, 0.25) is 0 Å². The fraction of sp³-hybridized carbons (Fsp3) is 0.211. The summed E-state index contributed by atoms with van der Waals surface area (Å²) in [6.07, 6.45) is 0.995. The molecule has 2 aliphatic heterocycles. The molecule has 3 amide bonds. The fourth-order valence-electron chi connectivity index (χ4n) is 3.48. The summed E-state index contributed by atoms with van der Waals surface area (Å²) in [6, 6.07) is 10.8. The smallest absolute Gasteiger partial charge is 0.256 e. The van der Waals surface area contributed by atoms with Crippen molar-refractivity contribution in [1.82, 2.24) is 0 Å². The van der Waals surface area contributed by atoms with Crippen LogP contribution in [-0.4, -0.2) is 24.3 Å². The van der Waals surface area contributed by atoms with Gasteiger partial charge in [-0.3, -0.25) is 14.4 Å². The Bertz CT molecular complexity index is 920. The van der Waals surface area contributed by atoms with Crippen LogP contribution < -0.4 is 15.5 Å². The van der Waals surface area contributed by atoms with E-state index in [-0.39, 0.29) is 17.7 Å². The van der Waals surface area contributed by atoms with Crippen molar-refractivity contribution in [3.63, 3.8) is 0 Å². The first-order chi connectivity index (χ1) is 12.0. The van der Waals surface area contributed by atoms with Crippen LogP contribution in [0.4, 0.5) is 17.1 Å². The molecule has 0 fully saturated rings. The monoisotopic (exact) mass is 335 g/mol. The Kier molecular flexibility index (Phi) is 3.53. The van der Waals surface area contributed by atoms with Crippen molar-refractivity contribution < 1.29 is 14.4 Å². The van der Waals surface area contributed by atoms with Crippen LogP contribution >= 0.6 is 0 Å². The summed E-state index contributed by atoms with van der Waals surface area (Å²) in [5.41, 5.74) is 4.61. The molecule has 25 heavy (non-hydrogen) atoms. The van der Waals surface area contributed by atoms with E-state index in [1.54, 1.807) is 29.2 Å². The quantitative estimate of drug-likeness (QED) is 0.884. The number of rotatable bonds is 2. The summed E-state index contributed by atoms with van der Waals surface area (Å²) in [5, 5.41) is 5.66. The molecule has 0 aliphatic carbocycles. The maximum Gasteiger partial charge on any atom is 0.256 e. The molecule has 2 aromatic carbocycles. The molecule has 126 valence electrons.